The molecule has 0 spiro atoms. The lowest BCUT2D eigenvalue weighted by molar-refractivity contribution is -0.136. The number of aryl methyl sites for hydroxylation is 1. The second kappa shape index (κ2) is 9.26. The van der Waals surface area contributed by atoms with E-state index in [1.807, 2.05) is 6.92 Å². The van der Waals surface area contributed by atoms with Crippen LogP contribution in [0.5, 0.6) is 5.75 Å². The van der Waals surface area contributed by atoms with Crippen LogP contribution in [0.25, 0.3) is 22.0 Å². The van der Waals surface area contributed by atoms with Crippen molar-refractivity contribution in [2.24, 2.45) is 0 Å². The Balaban J connectivity index is 1.91. The minimum atomic E-state index is -4.20. The minimum absolute atomic E-state index is 0.100. The van der Waals surface area contributed by atoms with Gasteiger partial charge in [0.05, 0.1) is 17.0 Å². The Kier molecular flexibility index (Phi) is 6.39. The predicted octanol–water partition coefficient (Wildman–Crippen LogP) is 5.24. The molecule has 1 heterocycles. The first-order valence-corrected chi connectivity index (χ1v) is 11.9. The molecule has 0 atom stereocenters. The topological polar surface area (TPSA) is 85.6 Å². The summed E-state index contributed by atoms with van der Waals surface area (Å²) in [5.41, 5.74) is 1.30. The average Bonchev–Trinajstić information content (AvgIpc) is 3.18. The van der Waals surface area contributed by atoms with Crippen LogP contribution in [-0.2, 0) is 21.2 Å². The number of carbonyl (C=O) groups is 1. The van der Waals surface area contributed by atoms with Crippen molar-refractivity contribution in [3.05, 3.63) is 84.1 Å². The highest BCUT2D eigenvalue weighted by Gasteiger charge is 2.25. The second-order valence-electron chi connectivity index (χ2n) is 7.59. The highest BCUT2D eigenvalue weighted by Crippen LogP contribution is 2.34. The van der Waals surface area contributed by atoms with Gasteiger partial charge in [-0.15, -0.1) is 0 Å². The summed E-state index contributed by atoms with van der Waals surface area (Å²) in [5, 5.41) is 9.68. The highest BCUT2D eigenvalue weighted by molar-refractivity contribution is 7.90. The van der Waals surface area contributed by atoms with E-state index < -0.39 is 27.6 Å². The van der Waals surface area contributed by atoms with Crippen LogP contribution in [0.2, 0.25) is 0 Å². The molecule has 0 bridgehead atoms. The van der Waals surface area contributed by atoms with E-state index in [1.54, 1.807) is 30.3 Å². The number of carboxylic acids is 1. The van der Waals surface area contributed by atoms with Gasteiger partial charge < -0.3 is 9.84 Å². The van der Waals surface area contributed by atoms with Crippen molar-refractivity contribution in [3.8, 4) is 16.9 Å². The van der Waals surface area contributed by atoms with Crippen LogP contribution in [0.1, 0.15) is 18.9 Å². The molecular weight excluding hydrogens is 464 g/mol. The predicted molar refractivity (Wildman–Crippen MR) is 123 cm³/mol. The number of fused-ring (bicyclic) bond motifs is 1. The Labute approximate surface area is 195 Å². The molecule has 0 fully saturated rings. The fraction of sp³-hybridized carbons (Fsp3) is 0.160. The zero-order valence-corrected chi connectivity index (χ0v) is 19.0. The van der Waals surface area contributed by atoms with E-state index in [9.17, 15) is 22.0 Å². The quantitative estimate of drug-likeness (QED) is 0.369. The largest absolute Gasteiger partial charge is 0.494 e. The number of nitrogens with zero attached hydrogens (tertiary/aromatic N) is 1. The van der Waals surface area contributed by atoms with Crippen molar-refractivity contribution >= 4 is 26.9 Å². The molecule has 6 nitrogen and oxygen atoms in total. The SMILES string of the molecule is CCOc1ccc2c(c1)c(CCC(=O)O)cn2S(=O)(=O)c1ccccc1-c1ccc(F)c(F)c1. The van der Waals surface area contributed by atoms with Gasteiger partial charge in [-0.25, -0.2) is 21.2 Å². The summed E-state index contributed by atoms with van der Waals surface area (Å²) in [7, 11) is -4.20. The van der Waals surface area contributed by atoms with E-state index >= 15 is 0 Å². The number of ether oxygens (including phenoxy) is 1. The first-order valence-electron chi connectivity index (χ1n) is 10.5. The minimum Gasteiger partial charge on any atom is -0.494 e. The van der Waals surface area contributed by atoms with Crippen molar-refractivity contribution in [1.82, 2.24) is 3.97 Å². The third-order valence-electron chi connectivity index (χ3n) is 5.40. The van der Waals surface area contributed by atoms with Crippen LogP contribution < -0.4 is 4.74 Å². The number of rotatable bonds is 8. The zero-order valence-electron chi connectivity index (χ0n) is 18.2. The average molecular weight is 486 g/mol. The molecule has 0 aliphatic rings. The van der Waals surface area contributed by atoms with E-state index in [0.717, 1.165) is 16.1 Å². The van der Waals surface area contributed by atoms with Gasteiger partial charge in [0.15, 0.2) is 11.6 Å². The van der Waals surface area contributed by atoms with E-state index in [1.165, 1.54) is 24.4 Å². The molecule has 0 amide bonds. The van der Waals surface area contributed by atoms with Gasteiger partial charge in [0.1, 0.15) is 5.75 Å². The maximum atomic E-state index is 13.9. The van der Waals surface area contributed by atoms with Crippen LogP contribution in [0.15, 0.2) is 71.8 Å². The van der Waals surface area contributed by atoms with Gasteiger partial charge in [-0.1, -0.05) is 24.3 Å². The molecule has 4 aromatic rings. The lowest BCUT2D eigenvalue weighted by atomic mass is 10.1. The Morgan fingerprint density at radius 3 is 2.50 bits per heavy atom. The monoisotopic (exact) mass is 485 g/mol. The van der Waals surface area contributed by atoms with Crippen molar-refractivity contribution in [2.75, 3.05) is 6.61 Å². The van der Waals surface area contributed by atoms with Gasteiger partial charge in [-0.3, -0.25) is 4.79 Å². The molecule has 4 rings (SSSR count). The van der Waals surface area contributed by atoms with Crippen LogP contribution in [0, 0.1) is 11.6 Å². The van der Waals surface area contributed by atoms with Gasteiger partial charge in [0.2, 0.25) is 0 Å². The van der Waals surface area contributed by atoms with E-state index in [4.69, 9.17) is 9.84 Å². The fourth-order valence-electron chi connectivity index (χ4n) is 3.84. The van der Waals surface area contributed by atoms with E-state index in [0.29, 0.717) is 28.8 Å². The summed E-state index contributed by atoms with van der Waals surface area (Å²) in [6, 6.07) is 14.2. The van der Waals surface area contributed by atoms with Gasteiger partial charge in [-0.05, 0) is 60.9 Å². The molecule has 0 unspecified atom stereocenters. The normalized spacial score (nSPS) is 11.6. The van der Waals surface area contributed by atoms with E-state index in [-0.39, 0.29) is 28.9 Å². The van der Waals surface area contributed by atoms with Crippen molar-refractivity contribution in [1.29, 1.82) is 0 Å². The standard InChI is InChI=1S/C25H21F2NO5S/c1-2-33-18-9-11-23-20(14-18)17(8-12-25(29)30)15-28(23)34(31,32)24-6-4-3-5-19(24)16-7-10-21(26)22(27)13-16/h3-7,9-11,13-15H,2,8,12H2,1H3,(H,29,30). The molecule has 1 aromatic heterocycles. The molecule has 1 N–H and O–H groups in total. The molecule has 0 aliphatic carbocycles. The molecule has 176 valence electrons. The summed E-state index contributed by atoms with van der Waals surface area (Å²) in [5.74, 6) is -2.60. The molecule has 34 heavy (non-hydrogen) atoms. The van der Waals surface area contributed by atoms with Crippen LogP contribution >= 0.6 is 0 Å². The summed E-state index contributed by atoms with van der Waals surface area (Å²) in [6.07, 6.45) is 1.35. The fourth-order valence-corrected chi connectivity index (χ4v) is 5.45. The van der Waals surface area contributed by atoms with Crippen LogP contribution in [0.4, 0.5) is 8.78 Å². The van der Waals surface area contributed by atoms with Crippen LogP contribution in [-0.4, -0.2) is 30.1 Å². The Hall–Kier alpha value is -3.72. The highest BCUT2D eigenvalue weighted by atomic mass is 32.2. The Morgan fingerprint density at radius 1 is 1.03 bits per heavy atom. The second-order valence-corrected chi connectivity index (χ2v) is 9.37. The third-order valence-corrected chi connectivity index (χ3v) is 7.13. The summed E-state index contributed by atoms with van der Waals surface area (Å²) in [6.45, 7) is 2.23. The van der Waals surface area contributed by atoms with E-state index in [2.05, 4.69) is 0 Å². The molecule has 3 aromatic carbocycles. The summed E-state index contributed by atoms with van der Waals surface area (Å²) >= 11 is 0. The first kappa shape index (κ1) is 23.4. The number of benzene rings is 3. The number of hydrogen-bond acceptors (Lipinski definition) is 4. The number of halogens is 2. The molecule has 0 saturated carbocycles. The van der Waals surface area contributed by atoms with Gasteiger partial charge in [0.25, 0.3) is 10.0 Å². The van der Waals surface area contributed by atoms with Gasteiger partial charge in [-0.2, -0.15) is 0 Å². The lowest BCUT2D eigenvalue weighted by Gasteiger charge is -2.13. The Morgan fingerprint density at radius 2 is 1.79 bits per heavy atom. The molecule has 0 saturated heterocycles. The van der Waals surface area contributed by atoms with Crippen molar-refractivity contribution in [3.63, 3.8) is 0 Å². The smallest absolute Gasteiger partial charge is 0.303 e. The zero-order chi connectivity index (χ0) is 24.5. The molecule has 0 radical (unpaired) electrons. The number of aliphatic carboxylic acids is 1. The first-order chi connectivity index (χ1) is 16.2. The number of aromatic nitrogens is 1. The number of hydrogen-bond donors (Lipinski definition) is 1. The third kappa shape index (κ3) is 4.38. The maximum Gasteiger partial charge on any atom is 0.303 e. The van der Waals surface area contributed by atoms with Crippen LogP contribution in [0.3, 0.4) is 0 Å². The maximum absolute atomic E-state index is 13.9. The summed E-state index contributed by atoms with van der Waals surface area (Å²) < 4.78 is 61.6. The Bertz CT molecular complexity index is 1490. The van der Waals surface area contributed by atoms with Gasteiger partial charge >= 0.3 is 5.97 Å². The van der Waals surface area contributed by atoms with Crippen molar-refractivity contribution < 1.29 is 31.8 Å². The summed E-state index contributed by atoms with van der Waals surface area (Å²) in [4.78, 5) is 11.0. The molecule has 9 heteroatoms. The van der Waals surface area contributed by atoms with Crippen molar-refractivity contribution in [2.45, 2.75) is 24.7 Å². The van der Waals surface area contributed by atoms with Gasteiger partial charge in [0, 0.05) is 23.6 Å². The number of carboxylic acid groups (broad SMARTS) is 1. The molecular formula is C25H21F2NO5S. The molecule has 0 aliphatic heterocycles. The lowest BCUT2D eigenvalue weighted by Crippen LogP contribution is -2.13.